The van der Waals surface area contributed by atoms with E-state index in [0.717, 1.165) is 24.3 Å². The standard InChI is InChI=1S/C21H32O3Si/c1-8-21(24-25(6,7)9-2)18(4)14-17(3)15-23-16-19-10-12-20(22-5)13-11-19/h2,8,10-13,17-18,21H,1,14-16H2,3-7H3/t17-,18+,21+/m1/s1. The van der Waals surface area contributed by atoms with Crippen LogP contribution < -0.4 is 4.74 Å². The molecule has 3 atom stereocenters. The van der Waals surface area contributed by atoms with Crippen molar-refractivity contribution in [3.63, 3.8) is 0 Å². The summed E-state index contributed by atoms with van der Waals surface area (Å²) in [5, 5.41) is 0. The quantitative estimate of drug-likeness (QED) is 0.322. The van der Waals surface area contributed by atoms with Crippen LogP contribution in [0.5, 0.6) is 5.75 Å². The van der Waals surface area contributed by atoms with Crippen molar-refractivity contribution in [1.29, 1.82) is 0 Å². The molecule has 0 aliphatic carbocycles. The van der Waals surface area contributed by atoms with Gasteiger partial charge in [0.15, 0.2) is 0 Å². The summed E-state index contributed by atoms with van der Waals surface area (Å²) in [6.07, 6.45) is 8.46. The molecule has 0 spiro atoms. The summed E-state index contributed by atoms with van der Waals surface area (Å²) >= 11 is 0. The second-order valence-corrected chi connectivity index (χ2v) is 10.7. The molecule has 0 saturated carbocycles. The highest BCUT2D eigenvalue weighted by Gasteiger charge is 2.27. The minimum Gasteiger partial charge on any atom is -0.497 e. The Labute approximate surface area is 154 Å². The van der Waals surface area contributed by atoms with E-state index in [1.54, 1.807) is 7.11 Å². The Kier molecular flexibility index (Phi) is 8.99. The van der Waals surface area contributed by atoms with Gasteiger partial charge in [0.05, 0.1) is 19.8 Å². The molecule has 25 heavy (non-hydrogen) atoms. The maximum atomic E-state index is 6.13. The molecule has 0 aliphatic rings. The fraction of sp³-hybridized carbons (Fsp3) is 0.524. The Morgan fingerprint density at radius 2 is 1.88 bits per heavy atom. The fourth-order valence-electron chi connectivity index (χ4n) is 2.71. The summed E-state index contributed by atoms with van der Waals surface area (Å²) in [4.78, 5) is 0. The average Bonchev–Trinajstić information content (AvgIpc) is 2.60. The summed E-state index contributed by atoms with van der Waals surface area (Å²) in [6, 6.07) is 7.96. The minimum atomic E-state index is -2.04. The molecule has 0 N–H and O–H groups in total. The van der Waals surface area contributed by atoms with Gasteiger partial charge in [0, 0.05) is 6.61 Å². The topological polar surface area (TPSA) is 27.7 Å². The normalized spacial score (nSPS) is 15.0. The molecule has 0 heterocycles. The maximum Gasteiger partial charge on any atom is 0.266 e. The molecule has 138 valence electrons. The molecule has 4 heteroatoms. The van der Waals surface area contributed by atoms with Crippen LogP contribution in [0.25, 0.3) is 0 Å². The van der Waals surface area contributed by atoms with Gasteiger partial charge in [-0.15, -0.1) is 18.5 Å². The van der Waals surface area contributed by atoms with Crippen LogP contribution in [0.4, 0.5) is 0 Å². The average molecular weight is 361 g/mol. The molecule has 1 aromatic carbocycles. The summed E-state index contributed by atoms with van der Waals surface area (Å²) in [5.41, 5.74) is 3.96. The van der Waals surface area contributed by atoms with Crippen molar-refractivity contribution in [2.45, 2.75) is 46.1 Å². The monoisotopic (exact) mass is 360 g/mol. The van der Waals surface area contributed by atoms with Gasteiger partial charge in [-0.05, 0) is 49.0 Å². The van der Waals surface area contributed by atoms with E-state index in [-0.39, 0.29) is 6.10 Å². The lowest BCUT2D eigenvalue weighted by Gasteiger charge is -2.29. The van der Waals surface area contributed by atoms with Crippen LogP contribution in [0.15, 0.2) is 36.9 Å². The van der Waals surface area contributed by atoms with Crippen molar-refractivity contribution in [3.05, 3.63) is 42.5 Å². The third-order valence-electron chi connectivity index (χ3n) is 4.18. The van der Waals surface area contributed by atoms with Gasteiger partial charge < -0.3 is 13.9 Å². The van der Waals surface area contributed by atoms with Crippen molar-refractivity contribution in [2.24, 2.45) is 11.8 Å². The van der Waals surface area contributed by atoms with Crippen LogP contribution in [0.1, 0.15) is 25.8 Å². The molecule has 0 fully saturated rings. The first-order chi connectivity index (χ1) is 11.8. The molecular formula is C21H32O3Si. The number of ether oxygens (including phenoxy) is 2. The van der Waals surface area contributed by atoms with E-state index in [2.05, 4.69) is 26.0 Å². The van der Waals surface area contributed by atoms with E-state index >= 15 is 0 Å². The fourth-order valence-corrected chi connectivity index (χ4v) is 3.78. The van der Waals surface area contributed by atoms with Gasteiger partial charge in [-0.25, -0.2) is 0 Å². The molecule has 0 saturated heterocycles. The van der Waals surface area contributed by atoms with Gasteiger partial charge in [-0.3, -0.25) is 0 Å². The van der Waals surface area contributed by atoms with Crippen LogP contribution in [0.3, 0.4) is 0 Å². The Morgan fingerprint density at radius 3 is 2.40 bits per heavy atom. The van der Waals surface area contributed by atoms with Crippen molar-refractivity contribution in [1.82, 2.24) is 0 Å². The van der Waals surface area contributed by atoms with E-state index in [9.17, 15) is 0 Å². The van der Waals surface area contributed by atoms with E-state index < -0.39 is 8.32 Å². The van der Waals surface area contributed by atoms with Gasteiger partial charge in [0.2, 0.25) is 0 Å². The van der Waals surface area contributed by atoms with Crippen molar-refractivity contribution in [2.75, 3.05) is 13.7 Å². The molecular weight excluding hydrogens is 328 g/mol. The van der Waals surface area contributed by atoms with Crippen molar-refractivity contribution >= 4 is 8.32 Å². The Hall–Kier alpha value is -1.54. The van der Waals surface area contributed by atoms with Gasteiger partial charge in [-0.2, -0.15) is 0 Å². The van der Waals surface area contributed by atoms with E-state index in [4.69, 9.17) is 20.3 Å². The summed E-state index contributed by atoms with van der Waals surface area (Å²) < 4.78 is 17.1. The van der Waals surface area contributed by atoms with Gasteiger partial charge >= 0.3 is 0 Å². The Balaban J connectivity index is 2.40. The molecule has 0 bridgehead atoms. The number of terminal acetylenes is 1. The van der Waals surface area contributed by atoms with E-state index in [1.807, 2.05) is 43.4 Å². The molecule has 1 aromatic rings. The smallest absolute Gasteiger partial charge is 0.266 e. The molecule has 0 radical (unpaired) electrons. The number of rotatable bonds is 11. The lowest BCUT2D eigenvalue weighted by atomic mass is 9.93. The third-order valence-corrected chi connectivity index (χ3v) is 5.73. The first-order valence-corrected chi connectivity index (χ1v) is 11.7. The zero-order valence-electron chi connectivity index (χ0n) is 16.2. The second kappa shape index (κ2) is 10.4. The molecule has 0 amide bonds. The summed E-state index contributed by atoms with van der Waals surface area (Å²) in [6.45, 7) is 13.7. The Bertz CT molecular complexity index is 559. The highest BCUT2D eigenvalue weighted by atomic mass is 28.4. The molecule has 0 unspecified atom stereocenters. The highest BCUT2D eigenvalue weighted by Crippen LogP contribution is 2.22. The third kappa shape index (κ3) is 7.92. The second-order valence-electron chi connectivity index (χ2n) is 7.15. The number of methoxy groups -OCH3 is 1. The largest absolute Gasteiger partial charge is 0.497 e. The van der Waals surface area contributed by atoms with Crippen molar-refractivity contribution < 1.29 is 13.9 Å². The number of hydrogen-bond donors (Lipinski definition) is 0. The summed E-state index contributed by atoms with van der Waals surface area (Å²) in [7, 11) is -0.369. The SMILES string of the molecule is C#C[Si](C)(C)O[C@@H](C=C)[C@@H](C)C[C@@H](C)COCc1ccc(OC)cc1. The van der Waals surface area contributed by atoms with Gasteiger partial charge in [-0.1, -0.05) is 32.1 Å². The summed E-state index contributed by atoms with van der Waals surface area (Å²) in [5.74, 6) is 1.66. The van der Waals surface area contributed by atoms with Gasteiger partial charge in [0.1, 0.15) is 5.75 Å². The van der Waals surface area contributed by atoms with Crippen LogP contribution >= 0.6 is 0 Å². The molecule has 0 aromatic heterocycles. The zero-order chi connectivity index (χ0) is 18.9. The van der Waals surface area contributed by atoms with Crippen LogP contribution in [0.2, 0.25) is 13.1 Å². The first kappa shape index (κ1) is 21.5. The first-order valence-electron chi connectivity index (χ1n) is 8.80. The minimum absolute atomic E-state index is 0.00162. The maximum absolute atomic E-state index is 6.13. The lowest BCUT2D eigenvalue weighted by Crippen LogP contribution is -2.36. The predicted molar refractivity (Wildman–Crippen MR) is 107 cm³/mol. The number of benzene rings is 1. The Morgan fingerprint density at radius 1 is 1.24 bits per heavy atom. The predicted octanol–water partition coefficient (Wildman–Crippen LogP) is 4.82. The van der Waals surface area contributed by atoms with E-state index in [0.29, 0.717) is 18.4 Å². The van der Waals surface area contributed by atoms with Crippen LogP contribution in [-0.2, 0) is 15.8 Å². The van der Waals surface area contributed by atoms with Crippen LogP contribution in [-0.4, -0.2) is 28.1 Å². The van der Waals surface area contributed by atoms with Crippen LogP contribution in [0, 0.1) is 23.8 Å². The lowest BCUT2D eigenvalue weighted by molar-refractivity contribution is 0.0751. The van der Waals surface area contributed by atoms with Gasteiger partial charge in [0.25, 0.3) is 8.32 Å². The number of hydrogen-bond acceptors (Lipinski definition) is 3. The molecule has 1 rings (SSSR count). The van der Waals surface area contributed by atoms with E-state index in [1.165, 1.54) is 0 Å². The molecule has 0 aliphatic heterocycles. The van der Waals surface area contributed by atoms with Crippen molar-refractivity contribution in [3.8, 4) is 17.7 Å². The molecule has 3 nitrogen and oxygen atoms in total. The zero-order valence-corrected chi connectivity index (χ0v) is 17.2. The highest BCUT2D eigenvalue weighted by molar-refractivity contribution is 6.79.